The first-order valence-electron chi connectivity index (χ1n) is 5.02. The van der Waals surface area contributed by atoms with Crippen LogP contribution in [0, 0.1) is 5.82 Å². The number of hydrogen-bond acceptors (Lipinski definition) is 1. The van der Waals surface area contributed by atoms with Crippen LogP contribution in [0.25, 0.3) is 0 Å². The molecule has 0 aliphatic carbocycles. The van der Waals surface area contributed by atoms with Gasteiger partial charge in [0.1, 0.15) is 5.82 Å². The van der Waals surface area contributed by atoms with E-state index in [9.17, 15) is 17.6 Å². The van der Waals surface area contributed by atoms with Crippen molar-refractivity contribution in [1.82, 2.24) is 5.32 Å². The maximum Gasteiger partial charge on any atom is 0.390 e. The zero-order valence-electron chi connectivity index (χ0n) is 9.11. The Morgan fingerprint density at radius 2 is 2.00 bits per heavy atom. The number of halogens is 5. The number of alkyl halides is 3. The summed E-state index contributed by atoms with van der Waals surface area (Å²) in [5, 5.41) is 2.60. The van der Waals surface area contributed by atoms with Crippen molar-refractivity contribution >= 4 is 11.6 Å². The van der Waals surface area contributed by atoms with Gasteiger partial charge in [0.05, 0.1) is 11.4 Å². The molecular formula is C11H12ClF4N. The second-order valence-corrected chi connectivity index (χ2v) is 4.19. The van der Waals surface area contributed by atoms with E-state index in [1.807, 2.05) is 0 Å². The first kappa shape index (κ1) is 14.3. The van der Waals surface area contributed by atoms with Gasteiger partial charge in [-0.3, -0.25) is 0 Å². The monoisotopic (exact) mass is 269 g/mol. The Morgan fingerprint density at radius 3 is 2.59 bits per heavy atom. The summed E-state index contributed by atoms with van der Waals surface area (Å²) in [5.41, 5.74) is 0.445. The first-order valence-corrected chi connectivity index (χ1v) is 5.40. The lowest BCUT2D eigenvalue weighted by atomic mass is 10.2. The molecule has 1 rings (SSSR count). The first-order chi connectivity index (χ1) is 7.79. The highest BCUT2D eigenvalue weighted by Gasteiger charge is 2.29. The minimum Gasteiger partial charge on any atom is -0.310 e. The van der Waals surface area contributed by atoms with Crippen LogP contribution in [0.1, 0.15) is 18.9 Å². The zero-order chi connectivity index (χ0) is 13.1. The van der Waals surface area contributed by atoms with E-state index in [2.05, 4.69) is 5.32 Å². The topological polar surface area (TPSA) is 12.0 Å². The molecular weight excluding hydrogens is 258 g/mol. The molecule has 17 heavy (non-hydrogen) atoms. The normalized spacial score (nSPS) is 13.8. The second-order valence-electron chi connectivity index (χ2n) is 3.81. The third-order valence-corrected chi connectivity index (χ3v) is 2.63. The van der Waals surface area contributed by atoms with Crippen LogP contribution < -0.4 is 5.32 Å². The maximum absolute atomic E-state index is 13.0. The molecule has 0 amide bonds. The van der Waals surface area contributed by atoms with E-state index >= 15 is 0 Å². The van der Waals surface area contributed by atoms with E-state index in [1.165, 1.54) is 19.1 Å². The zero-order valence-corrected chi connectivity index (χ0v) is 9.87. The van der Waals surface area contributed by atoms with Gasteiger partial charge in [0.25, 0.3) is 0 Å². The van der Waals surface area contributed by atoms with Crippen LogP contribution in [0.15, 0.2) is 18.2 Å². The van der Waals surface area contributed by atoms with Gasteiger partial charge in [-0.05, 0) is 18.6 Å². The molecule has 1 aromatic rings. The molecule has 0 aromatic heterocycles. The van der Waals surface area contributed by atoms with Gasteiger partial charge in [0.15, 0.2) is 0 Å². The quantitative estimate of drug-likeness (QED) is 0.817. The van der Waals surface area contributed by atoms with Crippen LogP contribution in [-0.4, -0.2) is 12.2 Å². The van der Waals surface area contributed by atoms with Crippen molar-refractivity contribution < 1.29 is 17.6 Å². The van der Waals surface area contributed by atoms with E-state index in [1.54, 1.807) is 6.07 Å². The van der Waals surface area contributed by atoms with Crippen LogP contribution >= 0.6 is 11.6 Å². The van der Waals surface area contributed by atoms with Crippen molar-refractivity contribution in [3.8, 4) is 0 Å². The molecule has 0 radical (unpaired) electrons. The lowest BCUT2D eigenvalue weighted by molar-refractivity contribution is -0.139. The largest absolute Gasteiger partial charge is 0.390 e. The van der Waals surface area contributed by atoms with Crippen molar-refractivity contribution in [3.63, 3.8) is 0 Å². The number of nitrogens with one attached hydrogen (secondary N) is 1. The predicted molar refractivity (Wildman–Crippen MR) is 58.4 cm³/mol. The van der Waals surface area contributed by atoms with E-state index in [-0.39, 0.29) is 11.6 Å². The Balaban J connectivity index is 2.53. The maximum atomic E-state index is 13.0. The molecule has 0 heterocycles. The fourth-order valence-corrected chi connectivity index (χ4v) is 1.58. The summed E-state index contributed by atoms with van der Waals surface area (Å²) < 4.78 is 49.2. The van der Waals surface area contributed by atoms with Gasteiger partial charge < -0.3 is 5.32 Å². The third-order valence-electron chi connectivity index (χ3n) is 2.21. The molecule has 0 aliphatic rings. The van der Waals surface area contributed by atoms with Crippen molar-refractivity contribution in [2.75, 3.05) is 0 Å². The molecule has 1 atom stereocenters. The van der Waals surface area contributed by atoms with Crippen molar-refractivity contribution in [2.45, 2.75) is 32.1 Å². The fraction of sp³-hybridized carbons (Fsp3) is 0.455. The Labute approximate surface area is 102 Å². The number of hydrogen-bond donors (Lipinski definition) is 1. The van der Waals surface area contributed by atoms with Gasteiger partial charge >= 0.3 is 6.18 Å². The molecule has 96 valence electrons. The van der Waals surface area contributed by atoms with Crippen LogP contribution in [-0.2, 0) is 6.54 Å². The number of benzene rings is 1. The van der Waals surface area contributed by atoms with Crippen LogP contribution in [0.3, 0.4) is 0 Å². The molecule has 0 bridgehead atoms. The van der Waals surface area contributed by atoms with Gasteiger partial charge in [-0.15, -0.1) is 0 Å². The Morgan fingerprint density at radius 1 is 1.35 bits per heavy atom. The molecule has 0 saturated heterocycles. The van der Waals surface area contributed by atoms with E-state index in [4.69, 9.17) is 11.6 Å². The van der Waals surface area contributed by atoms with Crippen molar-refractivity contribution in [3.05, 3.63) is 34.6 Å². The summed E-state index contributed by atoms with van der Waals surface area (Å²) >= 11 is 5.67. The highest BCUT2D eigenvalue weighted by molar-refractivity contribution is 6.31. The summed E-state index contributed by atoms with van der Waals surface area (Å²) in [6.07, 6.45) is -5.14. The van der Waals surface area contributed by atoms with Gasteiger partial charge in [-0.2, -0.15) is 13.2 Å². The third kappa shape index (κ3) is 4.91. The van der Waals surface area contributed by atoms with E-state index in [0.29, 0.717) is 5.56 Å². The highest BCUT2D eigenvalue weighted by Crippen LogP contribution is 2.22. The minimum absolute atomic E-state index is 0.0563. The summed E-state index contributed by atoms with van der Waals surface area (Å²) in [4.78, 5) is 0. The molecule has 0 saturated carbocycles. The summed E-state index contributed by atoms with van der Waals surface area (Å²) in [5.74, 6) is -0.575. The van der Waals surface area contributed by atoms with Crippen LogP contribution in [0.4, 0.5) is 17.6 Å². The molecule has 1 nitrogen and oxygen atoms in total. The summed E-state index contributed by atoms with van der Waals surface area (Å²) in [6, 6.07) is 3.49. The summed E-state index contributed by atoms with van der Waals surface area (Å²) in [6.45, 7) is 1.52. The Bertz CT molecular complexity index is 378. The highest BCUT2D eigenvalue weighted by atomic mass is 35.5. The predicted octanol–water partition coefficient (Wildman–Crippen LogP) is 3.91. The van der Waals surface area contributed by atoms with Gasteiger partial charge in [0.2, 0.25) is 0 Å². The lowest BCUT2D eigenvalue weighted by Crippen LogP contribution is -2.30. The average Bonchev–Trinajstić information content (AvgIpc) is 2.18. The second kappa shape index (κ2) is 5.69. The average molecular weight is 270 g/mol. The molecule has 1 aromatic carbocycles. The fourth-order valence-electron chi connectivity index (χ4n) is 1.39. The van der Waals surface area contributed by atoms with Crippen LogP contribution in [0.5, 0.6) is 0 Å². The standard InChI is InChI=1S/C11H12ClF4N/c1-7(5-11(14,15)16)17-6-8-3-2-4-9(13)10(8)12/h2-4,7,17H,5-6H2,1H3. The smallest absolute Gasteiger partial charge is 0.310 e. The number of rotatable bonds is 4. The molecule has 1 N–H and O–H groups in total. The molecule has 1 unspecified atom stereocenters. The van der Waals surface area contributed by atoms with Crippen molar-refractivity contribution in [2.24, 2.45) is 0 Å². The summed E-state index contributed by atoms with van der Waals surface area (Å²) in [7, 11) is 0. The lowest BCUT2D eigenvalue weighted by Gasteiger charge is -2.16. The minimum atomic E-state index is -4.21. The molecule has 0 aliphatic heterocycles. The van der Waals surface area contributed by atoms with Gasteiger partial charge in [0, 0.05) is 12.6 Å². The van der Waals surface area contributed by atoms with E-state index in [0.717, 1.165) is 0 Å². The Kier molecular flexibility index (Phi) is 4.77. The molecule has 0 fully saturated rings. The SMILES string of the molecule is CC(CC(F)(F)F)NCc1cccc(F)c1Cl. The Hall–Kier alpha value is -0.810. The van der Waals surface area contributed by atoms with Crippen LogP contribution in [0.2, 0.25) is 5.02 Å². The molecule has 0 spiro atoms. The van der Waals surface area contributed by atoms with E-state index < -0.39 is 24.5 Å². The van der Waals surface area contributed by atoms with Crippen molar-refractivity contribution in [1.29, 1.82) is 0 Å². The van der Waals surface area contributed by atoms with Gasteiger partial charge in [-0.1, -0.05) is 23.7 Å². The van der Waals surface area contributed by atoms with Gasteiger partial charge in [-0.25, -0.2) is 4.39 Å². The molecule has 6 heteroatoms.